The van der Waals surface area contributed by atoms with E-state index in [1.165, 1.54) is 0 Å². The second-order valence-corrected chi connectivity index (χ2v) is 2.60. The Morgan fingerprint density at radius 3 is 1.50 bits per heavy atom. The third-order valence-electron chi connectivity index (χ3n) is 1.34. The lowest BCUT2D eigenvalue weighted by atomic mass is 10.5. The van der Waals surface area contributed by atoms with Crippen LogP contribution >= 0.6 is 0 Å². The van der Waals surface area contributed by atoms with Gasteiger partial charge in [-0.2, -0.15) is 0 Å². The molecule has 16 heavy (non-hydrogen) atoms. The van der Waals surface area contributed by atoms with Crippen LogP contribution in [0.15, 0.2) is 12.4 Å². The Balaban J connectivity index is 0. The molecule has 1 rings (SSSR count). The molecule has 94 valence electrons. The first-order chi connectivity index (χ1) is 7.29. The van der Waals surface area contributed by atoms with Gasteiger partial charge in [0.05, 0.1) is 6.67 Å². The summed E-state index contributed by atoms with van der Waals surface area (Å²) in [6.07, 6.45) is 4.20. The fraction of sp³-hybridized carbons (Fsp3) is 0.667. The van der Waals surface area contributed by atoms with Gasteiger partial charge in [0.1, 0.15) is 0 Å². The van der Waals surface area contributed by atoms with Gasteiger partial charge < -0.3 is 9.80 Å². The zero-order valence-corrected chi connectivity index (χ0v) is 8.89. The van der Waals surface area contributed by atoms with E-state index < -0.39 is 15.1 Å². The number of nitrogens with zero attached hydrogens (tertiary/aromatic N) is 2. The van der Waals surface area contributed by atoms with Crippen molar-refractivity contribution < 1.29 is 25.9 Å². The fourth-order valence-electron chi connectivity index (χ4n) is 0.794. The molecule has 10 heteroatoms. The highest BCUT2D eigenvalue weighted by atomic mass is 19.4. The summed E-state index contributed by atoms with van der Waals surface area (Å²) in [5.41, 5.74) is 0. The summed E-state index contributed by atoms with van der Waals surface area (Å²) < 4.78 is 58.0. The quantitative estimate of drug-likeness (QED) is 0.519. The summed E-state index contributed by atoms with van der Waals surface area (Å²) in [5, 5.41) is 0. The van der Waals surface area contributed by atoms with Gasteiger partial charge in [-0.05, 0) is 6.92 Å². The maximum absolute atomic E-state index is 9.67. The fourth-order valence-corrected chi connectivity index (χ4v) is 0.794. The second kappa shape index (κ2) is 10.6. The average molecular weight is 248 g/mol. The molecule has 0 N–H and O–H groups in total. The van der Waals surface area contributed by atoms with Gasteiger partial charge in [-0.25, -0.2) is 0 Å². The zero-order valence-electron chi connectivity index (χ0n) is 8.89. The lowest BCUT2D eigenvalue weighted by molar-refractivity contribution is 0.308. The molecule has 1 aliphatic heterocycles. The lowest BCUT2D eigenvalue weighted by Crippen LogP contribution is -2.21. The van der Waals surface area contributed by atoms with E-state index in [0.29, 0.717) is 0 Å². The Kier molecular flexibility index (Phi) is 11.5. The highest BCUT2D eigenvalue weighted by Gasteiger charge is 2.06. The van der Waals surface area contributed by atoms with Crippen molar-refractivity contribution in [3.05, 3.63) is 12.4 Å². The van der Waals surface area contributed by atoms with Crippen LogP contribution in [0.1, 0.15) is 6.92 Å². The highest BCUT2D eigenvalue weighted by molar-refractivity contribution is 6.33. The molecule has 1 aliphatic rings. The predicted molar refractivity (Wildman–Crippen MR) is 52.3 cm³/mol. The minimum absolute atomic E-state index is 1.05. The molecule has 0 bridgehead atoms. The topological polar surface area (TPSA) is 6.48 Å². The number of hydrogen-bond donors (Lipinski definition) is 0. The first-order valence-electron chi connectivity index (χ1n) is 4.26. The Bertz CT molecular complexity index is 171. The molecule has 0 saturated carbocycles. The molecule has 0 fully saturated rings. The summed E-state index contributed by atoms with van der Waals surface area (Å²) in [6.45, 7) is 4.32. The van der Waals surface area contributed by atoms with Crippen LogP contribution in [0.2, 0.25) is 0 Å². The van der Waals surface area contributed by atoms with Crippen LogP contribution < -0.4 is 0 Å². The number of hydrogen-bond acceptors (Lipinski definition) is 2. The molecule has 1 heterocycles. The van der Waals surface area contributed by atoms with E-state index in [9.17, 15) is 25.9 Å². The third-order valence-corrected chi connectivity index (χ3v) is 1.34. The minimum Gasteiger partial charge on any atom is -0.362 e. The molecule has 2 nitrogen and oxygen atoms in total. The second-order valence-electron chi connectivity index (χ2n) is 2.60. The summed E-state index contributed by atoms with van der Waals surface area (Å²) in [4.78, 5) is 4.41. The Morgan fingerprint density at radius 2 is 1.38 bits per heavy atom. The van der Waals surface area contributed by atoms with Crippen LogP contribution in [0, 0.1) is 0 Å². The molecule has 0 unspecified atom stereocenters. The van der Waals surface area contributed by atoms with Gasteiger partial charge in [-0.1, -0.05) is 0 Å². The smallest absolute Gasteiger partial charge is 0.362 e. The average Bonchev–Trinajstić information content (AvgIpc) is 2.49. The van der Waals surface area contributed by atoms with Gasteiger partial charge in [-0.3, -0.25) is 25.9 Å². The van der Waals surface area contributed by atoms with Gasteiger partial charge in [-0.15, -0.1) is 0 Å². The standard InChI is InChI=1S/C6H12N2.2BF3/c1-3-8-5-4-7(2)6-8;2*2-1(3)4/h4-5H,3,6H2,1-2H3;;. The summed E-state index contributed by atoms with van der Waals surface area (Å²) in [7, 11) is -5.26. The largest absolute Gasteiger partial charge is 0.762 e. The molecule has 0 saturated heterocycles. The van der Waals surface area contributed by atoms with Gasteiger partial charge in [0.25, 0.3) is 0 Å². The van der Waals surface area contributed by atoms with Crippen molar-refractivity contribution >= 4 is 15.1 Å². The maximum atomic E-state index is 9.67. The van der Waals surface area contributed by atoms with E-state index in [1.54, 1.807) is 0 Å². The monoisotopic (exact) mass is 248 g/mol. The highest BCUT2D eigenvalue weighted by Crippen LogP contribution is 2.00. The van der Waals surface area contributed by atoms with E-state index in [2.05, 4.69) is 36.2 Å². The molecule has 0 aromatic heterocycles. The molecule has 0 radical (unpaired) electrons. The summed E-state index contributed by atoms with van der Waals surface area (Å²) >= 11 is 0. The van der Waals surface area contributed by atoms with Crippen molar-refractivity contribution in [2.24, 2.45) is 0 Å². The van der Waals surface area contributed by atoms with Gasteiger partial charge in [0, 0.05) is 26.0 Å². The predicted octanol–water partition coefficient (Wildman–Crippen LogP) is 2.44. The molecule has 0 atom stereocenters. The van der Waals surface area contributed by atoms with E-state index in [4.69, 9.17) is 0 Å². The van der Waals surface area contributed by atoms with Crippen LogP contribution in [0.25, 0.3) is 0 Å². The Morgan fingerprint density at radius 1 is 1.00 bits per heavy atom. The Labute approximate surface area is 91.3 Å². The molecule has 0 amide bonds. The maximum Gasteiger partial charge on any atom is 0.762 e. The summed E-state index contributed by atoms with van der Waals surface area (Å²) in [6, 6.07) is 0. The van der Waals surface area contributed by atoms with Crippen LogP contribution in [0.3, 0.4) is 0 Å². The number of rotatable bonds is 1. The van der Waals surface area contributed by atoms with E-state index in [1.807, 2.05) is 0 Å². The molecular formula is C6H12B2F6N2. The van der Waals surface area contributed by atoms with Crippen molar-refractivity contribution in [2.75, 3.05) is 20.3 Å². The van der Waals surface area contributed by atoms with Crippen molar-refractivity contribution in [3.8, 4) is 0 Å². The molecule has 0 aromatic carbocycles. The minimum atomic E-state index is -3.67. The van der Waals surface area contributed by atoms with Crippen LogP contribution in [-0.2, 0) is 0 Å². The van der Waals surface area contributed by atoms with Crippen LogP contribution in [0.4, 0.5) is 25.9 Å². The SMILES string of the molecule is CCN1C=CN(C)C1.FB(F)F.FB(F)F. The molecular weight excluding hydrogens is 236 g/mol. The van der Waals surface area contributed by atoms with E-state index in [-0.39, 0.29) is 0 Å². The third kappa shape index (κ3) is 18.8. The van der Waals surface area contributed by atoms with Crippen LogP contribution in [0.5, 0.6) is 0 Å². The normalized spacial score (nSPS) is 12.5. The van der Waals surface area contributed by atoms with Crippen molar-refractivity contribution in [1.29, 1.82) is 0 Å². The molecule has 0 spiro atoms. The first-order valence-corrected chi connectivity index (χ1v) is 4.26. The van der Waals surface area contributed by atoms with Crippen LogP contribution in [-0.4, -0.2) is 45.1 Å². The van der Waals surface area contributed by atoms with Crippen molar-refractivity contribution in [3.63, 3.8) is 0 Å². The van der Waals surface area contributed by atoms with Gasteiger partial charge in [0.2, 0.25) is 0 Å². The Hall–Kier alpha value is -0.950. The van der Waals surface area contributed by atoms with E-state index >= 15 is 0 Å². The van der Waals surface area contributed by atoms with E-state index in [0.717, 1.165) is 13.2 Å². The molecule has 0 aromatic rings. The zero-order chi connectivity index (χ0) is 13.1. The first kappa shape index (κ1) is 17.4. The lowest BCUT2D eigenvalue weighted by Gasteiger charge is -2.14. The van der Waals surface area contributed by atoms with Gasteiger partial charge in [0.15, 0.2) is 0 Å². The number of halogens is 6. The summed E-state index contributed by atoms with van der Waals surface area (Å²) in [5.74, 6) is 0. The van der Waals surface area contributed by atoms with Crippen molar-refractivity contribution in [1.82, 2.24) is 9.80 Å². The van der Waals surface area contributed by atoms with Gasteiger partial charge >= 0.3 is 15.1 Å². The molecule has 0 aliphatic carbocycles. The van der Waals surface area contributed by atoms with Crippen molar-refractivity contribution in [2.45, 2.75) is 6.92 Å².